The summed E-state index contributed by atoms with van der Waals surface area (Å²) in [7, 11) is 4.22. The van der Waals surface area contributed by atoms with Gasteiger partial charge < -0.3 is 15.5 Å². The van der Waals surface area contributed by atoms with E-state index in [1.165, 1.54) is 18.9 Å². The van der Waals surface area contributed by atoms with Crippen molar-refractivity contribution in [2.45, 2.75) is 19.4 Å². The van der Waals surface area contributed by atoms with Crippen molar-refractivity contribution in [3.8, 4) is 0 Å². The maximum absolute atomic E-state index is 14.1. The summed E-state index contributed by atoms with van der Waals surface area (Å²) in [6.07, 6.45) is 2.45. The highest BCUT2D eigenvalue weighted by Gasteiger charge is 2.18. The van der Waals surface area contributed by atoms with Gasteiger partial charge in [0, 0.05) is 24.2 Å². The van der Waals surface area contributed by atoms with Crippen molar-refractivity contribution >= 4 is 17.2 Å². The third kappa shape index (κ3) is 4.73. The Morgan fingerprint density at radius 2 is 2.10 bits per heavy atom. The molecular formula is C16H24FN3S. The van der Waals surface area contributed by atoms with Crippen LogP contribution in [0.25, 0.3) is 0 Å². The summed E-state index contributed by atoms with van der Waals surface area (Å²) in [6, 6.07) is 5.01. The number of halogens is 1. The van der Waals surface area contributed by atoms with E-state index < -0.39 is 0 Å². The summed E-state index contributed by atoms with van der Waals surface area (Å²) >= 11 is 4.87. The highest BCUT2D eigenvalue weighted by Crippen LogP contribution is 2.19. The van der Waals surface area contributed by atoms with E-state index in [-0.39, 0.29) is 10.8 Å². The van der Waals surface area contributed by atoms with Gasteiger partial charge in [0.25, 0.3) is 0 Å². The average Bonchev–Trinajstić information content (AvgIpc) is 2.43. The van der Waals surface area contributed by atoms with Crippen molar-refractivity contribution in [2.75, 3.05) is 33.7 Å². The minimum absolute atomic E-state index is 0.226. The molecular weight excluding hydrogens is 285 g/mol. The molecule has 1 aliphatic rings. The van der Waals surface area contributed by atoms with E-state index in [2.05, 4.69) is 23.9 Å². The van der Waals surface area contributed by atoms with E-state index >= 15 is 0 Å². The van der Waals surface area contributed by atoms with Crippen molar-refractivity contribution in [1.29, 1.82) is 0 Å². The van der Waals surface area contributed by atoms with Gasteiger partial charge in [-0.2, -0.15) is 0 Å². The second-order valence-electron chi connectivity index (χ2n) is 6.11. The van der Waals surface area contributed by atoms with E-state index in [0.29, 0.717) is 23.6 Å². The van der Waals surface area contributed by atoms with E-state index in [9.17, 15) is 4.39 Å². The molecule has 0 spiro atoms. The topological polar surface area (TPSA) is 32.5 Å². The number of piperidine rings is 1. The Balaban J connectivity index is 1.90. The molecule has 0 aromatic heterocycles. The molecule has 1 heterocycles. The quantitative estimate of drug-likeness (QED) is 0.846. The second kappa shape index (κ2) is 7.29. The number of hydrogen-bond donors (Lipinski definition) is 1. The predicted molar refractivity (Wildman–Crippen MR) is 88.8 cm³/mol. The van der Waals surface area contributed by atoms with Crippen LogP contribution >= 0.6 is 12.2 Å². The number of thiocarbonyl (C=S) groups is 1. The first-order valence-electron chi connectivity index (χ1n) is 7.41. The van der Waals surface area contributed by atoms with Crippen molar-refractivity contribution in [1.82, 2.24) is 9.80 Å². The molecule has 0 radical (unpaired) electrons. The molecule has 2 N–H and O–H groups in total. The zero-order valence-corrected chi connectivity index (χ0v) is 13.6. The first-order valence-corrected chi connectivity index (χ1v) is 7.82. The van der Waals surface area contributed by atoms with Crippen molar-refractivity contribution in [3.63, 3.8) is 0 Å². The molecule has 0 bridgehead atoms. The van der Waals surface area contributed by atoms with Crippen LogP contribution in [-0.4, -0.2) is 48.5 Å². The lowest BCUT2D eigenvalue weighted by Crippen LogP contribution is -2.35. The van der Waals surface area contributed by atoms with Gasteiger partial charge in [0.2, 0.25) is 0 Å². The lowest BCUT2D eigenvalue weighted by molar-refractivity contribution is 0.172. The summed E-state index contributed by atoms with van der Waals surface area (Å²) in [5.41, 5.74) is 6.81. The highest BCUT2D eigenvalue weighted by molar-refractivity contribution is 7.80. The van der Waals surface area contributed by atoms with E-state index in [0.717, 1.165) is 19.6 Å². The Bertz CT molecular complexity index is 498. The van der Waals surface area contributed by atoms with Gasteiger partial charge >= 0.3 is 0 Å². The van der Waals surface area contributed by atoms with Gasteiger partial charge in [-0.3, -0.25) is 0 Å². The summed E-state index contributed by atoms with van der Waals surface area (Å²) in [5.74, 6) is 0.487. The molecule has 0 amide bonds. The second-order valence-corrected chi connectivity index (χ2v) is 6.55. The average molecular weight is 309 g/mol. The molecule has 3 nitrogen and oxygen atoms in total. The van der Waals surface area contributed by atoms with Gasteiger partial charge in [0.05, 0.1) is 0 Å². The number of likely N-dealkylation sites (tertiary alicyclic amines) is 1. The van der Waals surface area contributed by atoms with Crippen LogP contribution in [0.15, 0.2) is 18.2 Å². The Morgan fingerprint density at radius 1 is 1.43 bits per heavy atom. The Kier molecular flexibility index (Phi) is 5.67. The largest absolute Gasteiger partial charge is 0.389 e. The van der Waals surface area contributed by atoms with Crippen LogP contribution in [-0.2, 0) is 6.54 Å². The van der Waals surface area contributed by atoms with Gasteiger partial charge in [-0.15, -0.1) is 0 Å². The van der Waals surface area contributed by atoms with Crippen molar-refractivity contribution in [2.24, 2.45) is 11.7 Å². The van der Waals surface area contributed by atoms with Crippen LogP contribution in [0.4, 0.5) is 4.39 Å². The van der Waals surface area contributed by atoms with Crippen LogP contribution in [0.1, 0.15) is 24.0 Å². The van der Waals surface area contributed by atoms with Gasteiger partial charge in [-0.05, 0) is 52.0 Å². The van der Waals surface area contributed by atoms with Gasteiger partial charge in [0.15, 0.2) is 0 Å². The van der Waals surface area contributed by atoms with E-state index in [1.54, 1.807) is 12.1 Å². The zero-order chi connectivity index (χ0) is 15.4. The summed E-state index contributed by atoms with van der Waals surface area (Å²) < 4.78 is 14.1. The Morgan fingerprint density at radius 3 is 2.67 bits per heavy atom. The minimum atomic E-state index is -0.226. The molecule has 1 saturated heterocycles. The fourth-order valence-electron chi connectivity index (χ4n) is 2.87. The molecule has 1 fully saturated rings. The third-order valence-corrected chi connectivity index (χ3v) is 4.42. The summed E-state index contributed by atoms with van der Waals surface area (Å²) in [4.78, 5) is 4.81. The normalized spacial score (nSPS) is 17.3. The molecule has 0 atom stereocenters. The molecule has 1 aromatic rings. The Labute approximate surface area is 131 Å². The minimum Gasteiger partial charge on any atom is -0.389 e. The molecule has 21 heavy (non-hydrogen) atoms. The van der Waals surface area contributed by atoms with Crippen LogP contribution in [0.2, 0.25) is 0 Å². The van der Waals surface area contributed by atoms with Gasteiger partial charge in [0.1, 0.15) is 10.8 Å². The summed E-state index contributed by atoms with van der Waals surface area (Å²) in [6.45, 7) is 3.96. The molecule has 0 saturated carbocycles. The van der Waals surface area contributed by atoms with E-state index in [1.807, 2.05) is 0 Å². The number of nitrogens with two attached hydrogens (primary N) is 1. The molecule has 1 aliphatic heterocycles. The molecule has 116 valence electrons. The van der Waals surface area contributed by atoms with E-state index in [4.69, 9.17) is 18.0 Å². The van der Waals surface area contributed by atoms with Crippen LogP contribution in [0.3, 0.4) is 0 Å². The third-order valence-electron chi connectivity index (χ3n) is 4.19. The number of nitrogens with zero attached hydrogens (tertiary/aromatic N) is 2. The maximum Gasteiger partial charge on any atom is 0.128 e. The lowest BCUT2D eigenvalue weighted by atomic mass is 9.96. The first kappa shape index (κ1) is 16.3. The monoisotopic (exact) mass is 309 g/mol. The van der Waals surface area contributed by atoms with Gasteiger partial charge in [-0.25, -0.2) is 4.39 Å². The molecule has 1 aromatic carbocycles. The number of hydrogen-bond acceptors (Lipinski definition) is 3. The number of rotatable bonds is 5. The molecule has 0 aliphatic carbocycles. The maximum atomic E-state index is 14.1. The van der Waals surface area contributed by atoms with Crippen LogP contribution < -0.4 is 5.73 Å². The zero-order valence-electron chi connectivity index (χ0n) is 12.8. The highest BCUT2D eigenvalue weighted by atomic mass is 32.1. The predicted octanol–water partition coefficient (Wildman–Crippen LogP) is 2.23. The standard InChI is InChI=1S/C16H24FN3S/c1-19-7-5-12(6-8-19)10-20(2)11-14-4-3-13(16(18)21)9-15(14)17/h3-4,9,12H,5-8,10-11H2,1-2H3,(H2,18,21). The lowest BCUT2D eigenvalue weighted by Gasteiger charge is -2.31. The molecule has 0 unspecified atom stereocenters. The SMILES string of the molecule is CN1CCC(CN(C)Cc2ccc(C(N)=S)cc2F)CC1. The molecule has 5 heteroatoms. The smallest absolute Gasteiger partial charge is 0.128 e. The van der Waals surface area contributed by atoms with Gasteiger partial charge in [-0.1, -0.05) is 24.4 Å². The van der Waals surface area contributed by atoms with Crippen molar-refractivity contribution < 1.29 is 4.39 Å². The fraction of sp³-hybridized carbons (Fsp3) is 0.562. The first-order chi connectivity index (χ1) is 9.95. The molecule has 2 rings (SSSR count). The summed E-state index contributed by atoms with van der Waals surface area (Å²) in [5, 5.41) is 0. The van der Waals surface area contributed by atoms with Crippen molar-refractivity contribution in [3.05, 3.63) is 35.1 Å². The Hall–Kier alpha value is -1.04. The number of benzene rings is 1. The van der Waals surface area contributed by atoms with Crippen LogP contribution in [0.5, 0.6) is 0 Å². The van der Waals surface area contributed by atoms with Crippen LogP contribution in [0, 0.1) is 11.7 Å². The fourth-order valence-corrected chi connectivity index (χ4v) is 3.00.